The van der Waals surface area contributed by atoms with Crippen LogP contribution < -0.4 is 0 Å². The lowest BCUT2D eigenvalue weighted by molar-refractivity contribution is 0.259. The van der Waals surface area contributed by atoms with E-state index in [9.17, 15) is 8.78 Å². The van der Waals surface area contributed by atoms with Gasteiger partial charge in [-0.3, -0.25) is 0 Å². The molecule has 184 valence electrons. The summed E-state index contributed by atoms with van der Waals surface area (Å²) in [5.74, 6) is -2.25. The molecule has 0 amide bonds. The van der Waals surface area contributed by atoms with Crippen molar-refractivity contribution in [2.75, 3.05) is 0 Å². The molecular weight excluding hydrogens is 436 g/mol. The Morgan fingerprint density at radius 1 is 0.676 bits per heavy atom. The van der Waals surface area contributed by atoms with Crippen LogP contribution in [0.1, 0.15) is 112 Å². The van der Waals surface area contributed by atoms with Gasteiger partial charge in [-0.1, -0.05) is 70.4 Å². The maximum atomic E-state index is 15.3. The molecule has 0 atom stereocenters. The van der Waals surface area contributed by atoms with Crippen LogP contribution in [0.5, 0.6) is 0 Å². The lowest BCUT2D eigenvalue weighted by atomic mass is 9.75. The Morgan fingerprint density at radius 2 is 1.26 bits per heavy atom. The van der Waals surface area contributed by atoms with Crippen LogP contribution in [0.25, 0.3) is 11.1 Å². The van der Waals surface area contributed by atoms with E-state index in [4.69, 9.17) is 0 Å². The van der Waals surface area contributed by atoms with Gasteiger partial charge in [0.1, 0.15) is 0 Å². The van der Waals surface area contributed by atoms with Gasteiger partial charge in [0.15, 0.2) is 23.3 Å². The molecule has 34 heavy (non-hydrogen) atoms. The van der Waals surface area contributed by atoms with Gasteiger partial charge in [0, 0.05) is 11.1 Å². The summed E-state index contributed by atoms with van der Waals surface area (Å²) in [5, 5.41) is 0. The first kappa shape index (κ1) is 23.9. The van der Waals surface area contributed by atoms with Gasteiger partial charge in [-0.25, -0.2) is 17.6 Å². The maximum absolute atomic E-state index is 15.3. The minimum atomic E-state index is -1.04. The maximum Gasteiger partial charge on any atom is 0.167 e. The van der Waals surface area contributed by atoms with E-state index in [0.29, 0.717) is 47.4 Å². The zero-order valence-corrected chi connectivity index (χ0v) is 20.3. The predicted molar refractivity (Wildman–Crippen MR) is 129 cm³/mol. The fourth-order valence-corrected chi connectivity index (χ4v) is 6.92. The Morgan fingerprint density at radius 3 is 1.91 bits per heavy atom. The summed E-state index contributed by atoms with van der Waals surface area (Å²) < 4.78 is 60.0. The summed E-state index contributed by atoms with van der Waals surface area (Å²) >= 11 is 0. The Hall–Kier alpha value is -1.84. The number of rotatable bonds is 6. The number of hydrogen-bond acceptors (Lipinski definition) is 0. The second-order valence-corrected chi connectivity index (χ2v) is 11.1. The molecule has 5 rings (SSSR count). The molecular formula is C30H36F4. The van der Waals surface area contributed by atoms with Crippen molar-refractivity contribution in [2.45, 2.75) is 103 Å². The van der Waals surface area contributed by atoms with Crippen molar-refractivity contribution < 1.29 is 17.6 Å². The van der Waals surface area contributed by atoms with E-state index in [1.54, 1.807) is 12.1 Å². The van der Waals surface area contributed by atoms with Gasteiger partial charge in [-0.2, -0.15) is 0 Å². The van der Waals surface area contributed by atoms with Crippen LogP contribution in [0.3, 0.4) is 0 Å². The highest BCUT2D eigenvalue weighted by molar-refractivity contribution is 5.79. The lowest BCUT2D eigenvalue weighted by Crippen LogP contribution is -2.17. The van der Waals surface area contributed by atoms with Crippen molar-refractivity contribution >= 4 is 0 Å². The van der Waals surface area contributed by atoms with E-state index in [0.717, 1.165) is 31.6 Å². The van der Waals surface area contributed by atoms with Crippen LogP contribution in [0, 0.1) is 35.1 Å². The topological polar surface area (TPSA) is 0 Å². The van der Waals surface area contributed by atoms with E-state index in [-0.39, 0.29) is 17.0 Å². The third-order valence-corrected chi connectivity index (χ3v) is 8.82. The van der Waals surface area contributed by atoms with Crippen LogP contribution in [-0.4, -0.2) is 0 Å². The molecule has 0 unspecified atom stereocenters. The predicted octanol–water partition coefficient (Wildman–Crippen LogP) is 9.40. The number of benzene rings is 2. The lowest BCUT2D eigenvalue weighted by Gasteiger charge is -2.31. The molecule has 0 saturated heterocycles. The summed E-state index contributed by atoms with van der Waals surface area (Å²) in [6, 6.07) is 3.39. The van der Waals surface area contributed by atoms with Crippen molar-refractivity contribution in [3.63, 3.8) is 0 Å². The number of hydrogen-bond donors (Lipinski definition) is 0. The average Bonchev–Trinajstić information content (AvgIpc) is 3.23. The zero-order chi connectivity index (χ0) is 23.8. The van der Waals surface area contributed by atoms with Crippen molar-refractivity contribution in [1.82, 2.24) is 0 Å². The Bertz CT molecular complexity index is 1040. The Labute approximate surface area is 201 Å². The molecule has 0 bridgehead atoms. The molecule has 0 radical (unpaired) electrons. The number of fused-ring (bicyclic) bond motifs is 3. The third kappa shape index (κ3) is 4.42. The van der Waals surface area contributed by atoms with Crippen LogP contribution in [0.15, 0.2) is 12.1 Å². The molecule has 0 aliphatic heterocycles. The Kier molecular flexibility index (Phi) is 7.04. The van der Waals surface area contributed by atoms with Crippen LogP contribution >= 0.6 is 0 Å². The second kappa shape index (κ2) is 10.0. The van der Waals surface area contributed by atoms with Gasteiger partial charge in [-0.15, -0.1) is 0 Å². The summed E-state index contributed by atoms with van der Waals surface area (Å²) in [6.45, 7) is 1.91. The quantitative estimate of drug-likeness (QED) is 0.313. The first-order chi connectivity index (χ1) is 16.5. The van der Waals surface area contributed by atoms with Crippen molar-refractivity contribution in [3.8, 4) is 11.1 Å². The van der Waals surface area contributed by atoms with Gasteiger partial charge >= 0.3 is 0 Å². The van der Waals surface area contributed by atoms with E-state index < -0.39 is 23.3 Å². The summed E-state index contributed by atoms with van der Waals surface area (Å²) in [5.41, 5.74) is 1.76. The zero-order valence-electron chi connectivity index (χ0n) is 20.3. The first-order valence-corrected chi connectivity index (χ1v) is 13.5. The fraction of sp³-hybridized carbons (Fsp3) is 0.600. The molecule has 0 N–H and O–H groups in total. The van der Waals surface area contributed by atoms with Crippen molar-refractivity contribution in [2.24, 2.45) is 11.8 Å². The highest BCUT2D eigenvalue weighted by Crippen LogP contribution is 2.46. The molecule has 4 heteroatoms. The molecule has 0 spiro atoms. The summed E-state index contributed by atoms with van der Waals surface area (Å²) in [7, 11) is 0. The average molecular weight is 473 g/mol. The van der Waals surface area contributed by atoms with Gasteiger partial charge < -0.3 is 0 Å². The molecule has 0 aromatic heterocycles. The minimum absolute atomic E-state index is 0.00618. The van der Waals surface area contributed by atoms with E-state index >= 15 is 8.78 Å². The third-order valence-electron chi connectivity index (χ3n) is 8.82. The summed E-state index contributed by atoms with van der Waals surface area (Å²) in [4.78, 5) is 0. The normalized spacial score (nSPS) is 22.6. The molecule has 3 aliphatic rings. The molecule has 3 aliphatic carbocycles. The standard InChI is InChI=1S/C30H36F4/c1-2-6-21-15-22-16-23-17-24(28(32)30(34)26(23)25(22)29(33)27(21)31)20-13-11-19(12-14-20)10-9-18-7-4-3-5-8-18/h15,17-20H,2-14,16H2,1H3. The van der Waals surface area contributed by atoms with Crippen LogP contribution in [0.4, 0.5) is 17.6 Å². The molecule has 2 aromatic carbocycles. The van der Waals surface area contributed by atoms with E-state index in [2.05, 4.69) is 0 Å². The second-order valence-electron chi connectivity index (χ2n) is 11.1. The van der Waals surface area contributed by atoms with E-state index in [1.807, 2.05) is 6.92 Å². The van der Waals surface area contributed by atoms with Gasteiger partial charge in [-0.05, 0) is 78.5 Å². The largest absolute Gasteiger partial charge is 0.203 e. The van der Waals surface area contributed by atoms with Crippen LogP contribution in [0.2, 0.25) is 0 Å². The van der Waals surface area contributed by atoms with Crippen molar-refractivity contribution in [3.05, 3.63) is 57.7 Å². The molecule has 0 heterocycles. The highest BCUT2D eigenvalue weighted by atomic mass is 19.2. The monoisotopic (exact) mass is 472 g/mol. The smallest absolute Gasteiger partial charge is 0.167 e. The number of aryl methyl sites for hydroxylation is 1. The molecule has 0 nitrogen and oxygen atoms in total. The fourth-order valence-electron chi connectivity index (χ4n) is 6.92. The van der Waals surface area contributed by atoms with E-state index in [1.165, 1.54) is 44.9 Å². The van der Waals surface area contributed by atoms with Crippen LogP contribution in [-0.2, 0) is 12.8 Å². The number of halogens is 4. The van der Waals surface area contributed by atoms with Crippen molar-refractivity contribution in [1.29, 1.82) is 0 Å². The Balaban J connectivity index is 1.32. The first-order valence-electron chi connectivity index (χ1n) is 13.5. The summed E-state index contributed by atoms with van der Waals surface area (Å²) in [6.07, 6.45) is 14.8. The highest BCUT2D eigenvalue weighted by Gasteiger charge is 2.34. The minimum Gasteiger partial charge on any atom is -0.203 e. The molecule has 2 aromatic rings. The van der Waals surface area contributed by atoms with Gasteiger partial charge in [0.25, 0.3) is 0 Å². The van der Waals surface area contributed by atoms with Gasteiger partial charge in [0.2, 0.25) is 0 Å². The van der Waals surface area contributed by atoms with Gasteiger partial charge in [0.05, 0.1) is 0 Å². The SMILES string of the molecule is CCCc1cc2c(c(F)c1F)-c1c(cc(C3CCC(CCC4CCCCC4)CC3)c(F)c1F)C2. The molecule has 2 fully saturated rings. The molecule has 2 saturated carbocycles.